The quantitative estimate of drug-likeness (QED) is 0.865. The van der Waals surface area contributed by atoms with Crippen molar-refractivity contribution in [3.63, 3.8) is 0 Å². The summed E-state index contributed by atoms with van der Waals surface area (Å²) in [5.74, 6) is -0.0823. The van der Waals surface area contributed by atoms with Gasteiger partial charge in [0.1, 0.15) is 6.10 Å². The molecule has 1 fully saturated rings. The Labute approximate surface area is 155 Å². The third kappa shape index (κ3) is 5.35. The molecule has 1 atom stereocenters. The Hall–Kier alpha value is -2.77. The van der Waals surface area contributed by atoms with Crippen LogP contribution in [0.15, 0.2) is 48.7 Å². The van der Waals surface area contributed by atoms with Crippen LogP contribution < -0.4 is 10.1 Å². The van der Waals surface area contributed by atoms with Gasteiger partial charge in [-0.25, -0.2) is 9.78 Å². The minimum absolute atomic E-state index is 0.0823. The van der Waals surface area contributed by atoms with Crippen LogP contribution in [0.5, 0.6) is 5.88 Å². The van der Waals surface area contributed by atoms with E-state index in [-0.39, 0.29) is 18.0 Å². The lowest BCUT2D eigenvalue weighted by Gasteiger charge is -2.18. The van der Waals surface area contributed by atoms with Crippen LogP contribution in [0.2, 0.25) is 0 Å². The summed E-state index contributed by atoms with van der Waals surface area (Å²) in [6, 6.07) is 11.4. The number of hydrogen-bond donors (Lipinski definition) is 1. The average Bonchev–Trinajstić information content (AvgIpc) is 3.11. The molecule has 0 bridgehead atoms. The number of alkyl halides is 3. The number of aromatic nitrogens is 1. The monoisotopic (exact) mass is 379 g/mol. The third-order valence-corrected chi connectivity index (χ3v) is 4.31. The van der Waals surface area contributed by atoms with Crippen LogP contribution in [-0.2, 0) is 12.6 Å². The highest BCUT2D eigenvalue weighted by Crippen LogP contribution is 2.31. The van der Waals surface area contributed by atoms with Gasteiger partial charge in [0, 0.05) is 31.8 Å². The zero-order valence-corrected chi connectivity index (χ0v) is 14.6. The predicted molar refractivity (Wildman–Crippen MR) is 93.4 cm³/mol. The van der Waals surface area contributed by atoms with Crippen molar-refractivity contribution in [1.82, 2.24) is 15.2 Å². The first-order valence-electron chi connectivity index (χ1n) is 8.68. The summed E-state index contributed by atoms with van der Waals surface area (Å²) in [6.45, 7) is 1.32. The molecule has 1 aliphatic rings. The van der Waals surface area contributed by atoms with Gasteiger partial charge < -0.3 is 15.0 Å². The van der Waals surface area contributed by atoms with Crippen LogP contribution in [0.1, 0.15) is 17.5 Å². The predicted octanol–water partition coefficient (Wildman–Crippen LogP) is 3.51. The van der Waals surface area contributed by atoms with Gasteiger partial charge in [-0.05, 0) is 18.1 Å². The normalized spacial score (nSPS) is 17.0. The smallest absolute Gasteiger partial charge is 0.416 e. The number of carbonyl (C=O) groups excluding carboxylic acids is 1. The van der Waals surface area contributed by atoms with Crippen LogP contribution in [0.4, 0.5) is 18.0 Å². The number of ether oxygens (including phenoxy) is 1. The van der Waals surface area contributed by atoms with Gasteiger partial charge in [0.25, 0.3) is 0 Å². The summed E-state index contributed by atoms with van der Waals surface area (Å²) < 4.78 is 43.8. The van der Waals surface area contributed by atoms with E-state index in [2.05, 4.69) is 10.3 Å². The zero-order chi connectivity index (χ0) is 19.3. The Morgan fingerprint density at radius 1 is 1.26 bits per heavy atom. The Bertz CT molecular complexity index is 768. The number of hydrogen-bond acceptors (Lipinski definition) is 3. The van der Waals surface area contributed by atoms with E-state index in [1.807, 2.05) is 30.3 Å². The summed E-state index contributed by atoms with van der Waals surface area (Å²) in [5.41, 5.74) is 0.331. The maximum absolute atomic E-state index is 12.7. The Morgan fingerprint density at radius 2 is 2.04 bits per heavy atom. The zero-order valence-electron chi connectivity index (χ0n) is 14.6. The fraction of sp³-hybridized carbons (Fsp3) is 0.368. The second-order valence-electron chi connectivity index (χ2n) is 6.32. The van der Waals surface area contributed by atoms with Gasteiger partial charge in [-0.2, -0.15) is 13.2 Å². The first-order chi connectivity index (χ1) is 12.9. The number of nitrogens with one attached hydrogen (secondary N) is 1. The molecule has 5 nitrogen and oxygen atoms in total. The van der Waals surface area contributed by atoms with Crippen LogP contribution in [0.3, 0.4) is 0 Å². The molecule has 1 aliphatic heterocycles. The molecule has 8 heteroatoms. The number of rotatable bonds is 5. The van der Waals surface area contributed by atoms with Gasteiger partial charge in [0.05, 0.1) is 12.1 Å². The van der Waals surface area contributed by atoms with Crippen LogP contribution in [-0.4, -0.2) is 41.7 Å². The summed E-state index contributed by atoms with van der Waals surface area (Å²) in [6.07, 6.45) is -2.47. The average molecular weight is 379 g/mol. The lowest BCUT2D eigenvalue weighted by molar-refractivity contribution is -0.137. The fourth-order valence-electron chi connectivity index (χ4n) is 2.90. The number of carbonyl (C=O) groups is 1. The van der Waals surface area contributed by atoms with Gasteiger partial charge in [0.2, 0.25) is 5.88 Å². The van der Waals surface area contributed by atoms with E-state index >= 15 is 0 Å². The molecule has 0 aliphatic carbocycles. The molecule has 1 aromatic carbocycles. The molecule has 0 spiro atoms. The molecule has 2 amide bonds. The molecule has 1 N–H and O–H groups in total. The topological polar surface area (TPSA) is 54.5 Å². The largest absolute Gasteiger partial charge is 0.472 e. The number of halogens is 3. The summed E-state index contributed by atoms with van der Waals surface area (Å²) >= 11 is 0. The lowest BCUT2D eigenvalue weighted by atomic mass is 10.1. The first kappa shape index (κ1) is 19.0. The van der Waals surface area contributed by atoms with Crippen molar-refractivity contribution in [2.45, 2.75) is 25.1 Å². The molecule has 0 unspecified atom stereocenters. The van der Waals surface area contributed by atoms with E-state index < -0.39 is 11.7 Å². The van der Waals surface area contributed by atoms with Crippen molar-refractivity contribution in [2.24, 2.45) is 0 Å². The van der Waals surface area contributed by atoms with Crippen LogP contribution in [0.25, 0.3) is 0 Å². The number of amides is 2. The molecule has 144 valence electrons. The van der Waals surface area contributed by atoms with Gasteiger partial charge in [0.15, 0.2) is 0 Å². The highest BCUT2D eigenvalue weighted by molar-refractivity contribution is 5.74. The van der Waals surface area contributed by atoms with E-state index in [0.29, 0.717) is 26.1 Å². The fourth-order valence-corrected chi connectivity index (χ4v) is 2.90. The van der Waals surface area contributed by atoms with Crippen molar-refractivity contribution in [1.29, 1.82) is 0 Å². The second-order valence-corrected chi connectivity index (χ2v) is 6.32. The van der Waals surface area contributed by atoms with Gasteiger partial charge in [-0.15, -0.1) is 0 Å². The van der Waals surface area contributed by atoms with Crippen LogP contribution in [0, 0.1) is 0 Å². The van der Waals surface area contributed by atoms with E-state index in [1.165, 1.54) is 0 Å². The van der Waals surface area contributed by atoms with E-state index in [9.17, 15) is 18.0 Å². The summed E-state index contributed by atoms with van der Waals surface area (Å²) in [4.78, 5) is 17.6. The highest BCUT2D eigenvalue weighted by atomic mass is 19.4. The van der Waals surface area contributed by atoms with Crippen molar-refractivity contribution in [2.75, 3.05) is 19.6 Å². The third-order valence-electron chi connectivity index (χ3n) is 4.31. The molecular weight excluding hydrogens is 359 g/mol. The SMILES string of the molecule is O=C(NCCc1ccccc1)N1CC[C@H](Oc2cc(C(F)(F)F)ccn2)C1. The Balaban J connectivity index is 1.46. The molecule has 0 radical (unpaired) electrons. The van der Waals surface area contributed by atoms with Crippen LogP contribution >= 0.6 is 0 Å². The van der Waals surface area contributed by atoms with Crippen molar-refractivity contribution in [3.05, 3.63) is 59.8 Å². The molecule has 1 saturated heterocycles. The van der Waals surface area contributed by atoms with E-state index in [1.54, 1.807) is 4.90 Å². The first-order valence-corrected chi connectivity index (χ1v) is 8.68. The second kappa shape index (κ2) is 8.28. The minimum Gasteiger partial charge on any atom is -0.472 e. The number of nitrogens with zero attached hydrogens (tertiary/aromatic N) is 2. The molecular formula is C19H20F3N3O2. The number of benzene rings is 1. The molecule has 2 heterocycles. The molecule has 3 rings (SSSR count). The maximum atomic E-state index is 12.7. The molecule has 27 heavy (non-hydrogen) atoms. The van der Waals surface area contributed by atoms with E-state index in [0.717, 1.165) is 30.3 Å². The molecule has 2 aromatic rings. The number of pyridine rings is 1. The van der Waals surface area contributed by atoms with Gasteiger partial charge in [-0.1, -0.05) is 30.3 Å². The Morgan fingerprint density at radius 3 is 2.78 bits per heavy atom. The number of urea groups is 1. The van der Waals surface area contributed by atoms with Crippen molar-refractivity contribution < 1.29 is 22.7 Å². The van der Waals surface area contributed by atoms with Gasteiger partial charge in [-0.3, -0.25) is 0 Å². The number of likely N-dealkylation sites (tertiary alicyclic amines) is 1. The molecule has 0 saturated carbocycles. The summed E-state index contributed by atoms with van der Waals surface area (Å²) in [7, 11) is 0. The summed E-state index contributed by atoms with van der Waals surface area (Å²) in [5, 5.41) is 2.85. The lowest BCUT2D eigenvalue weighted by Crippen LogP contribution is -2.40. The van der Waals surface area contributed by atoms with Crippen molar-refractivity contribution in [3.8, 4) is 5.88 Å². The van der Waals surface area contributed by atoms with Gasteiger partial charge >= 0.3 is 12.2 Å². The molecule has 1 aromatic heterocycles. The standard InChI is InChI=1S/C19H20F3N3O2/c20-19(21,22)15-7-10-23-17(12-15)27-16-8-11-25(13-16)18(26)24-9-6-14-4-2-1-3-5-14/h1-5,7,10,12,16H,6,8-9,11,13H2,(H,24,26)/t16-/m0/s1. The highest BCUT2D eigenvalue weighted by Gasteiger charge is 2.32. The Kier molecular flexibility index (Phi) is 5.83. The maximum Gasteiger partial charge on any atom is 0.416 e. The minimum atomic E-state index is -4.44. The van der Waals surface area contributed by atoms with E-state index in [4.69, 9.17) is 4.74 Å². The van der Waals surface area contributed by atoms with Crippen molar-refractivity contribution >= 4 is 6.03 Å².